The van der Waals surface area contributed by atoms with Gasteiger partial charge in [0.15, 0.2) is 0 Å². The predicted octanol–water partition coefficient (Wildman–Crippen LogP) is 3.12. The number of rotatable bonds is 5. The Morgan fingerprint density at radius 1 is 0.947 bits per heavy atom. The van der Waals surface area contributed by atoms with Gasteiger partial charge in [-0.1, -0.05) is 42.5 Å². The molecule has 2 aromatic carbocycles. The molecule has 0 aliphatic rings. The molecule has 2 nitrogen and oxygen atoms in total. The summed E-state index contributed by atoms with van der Waals surface area (Å²) in [5.41, 5.74) is 10.1. The zero-order valence-electron chi connectivity index (χ0n) is 11.6. The van der Waals surface area contributed by atoms with E-state index in [1.165, 1.54) is 16.7 Å². The van der Waals surface area contributed by atoms with Crippen LogP contribution in [-0.4, -0.2) is 13.2 Å². The van der Waals surface area contributed by atoms with Crippen molar-refractivity contribution in [3.8, 4) is 5.75 Å². The molecule has 0 saturated carbocycles. The first kappa shape index (κ1) is 13.6. The fraction of sp³-hybridized carbons (Fsp3) is 0.294. The molecule has 0 heterocycles. The monoisotopic (exact) mass is 255 g/mol. The summed E-state index contributed by atoms with van der Waals surface area (Å²) in [4.78, 5) is 0. The minimum absolute atomic E-state index is 0.109. The molecule has 100 valence electrons. The smallest absolute Gasteiger partial charge is 0.122 e. The molecule has 0 aliphatic carbocycles. The average Bonchev–Trinajstić information content (AvgIpc) is 2.42. The molecule has 19 heavy (non-hydrogen) atoms. The summed E-state index contributed by atoms with van der Waals surface area (Å²) < 4.78 is 5.36. The molecule has 0 aliphatic heterocycles. The highest BCUT2D eigenvalue weighted by molar-refractivity contribution is 5.34. The Hall–Kier alpha value is -1.80. The molecule has 0 amide bonds. The van der Waals surface area contributed by atoms with Crippen molar-refractivity contribution >= 4 is 0 Å². The second-order valence-electron chi connectivity index (χ2n) is 4.91. The maximum absolute atomic E-state index is 6.27. The van der Waals surface area contributed by atoms with Crippen LogP contribution in [0.15, 0.2) is 48.5 Å². The van der Waals surface area contributed by atoms with Crippen LogP contribution in [0.3, 0.4) is 0 Å². The van der Waals surface area contributed by atoms with E-state index in [4.69, 9.17) is 10.5 Å². The van der Waals surface area contributed by atoms with E-state index in [2.05, 4.69) is 37.3 Å². The van der Waals surface area contributed by atoms with Crippen molar-refractivity contribution in [3.63, 3.8) is 0 Å². The lowest BCUT2D eigenvalue weighted by molar-refractivity contribution is 0.408. The summed E-state index contributed by atoms with van der Waals surface area (Å²) in [5.74, 6) is 0.919. The third kappa shape index (κ3) is 3.58. The molecule has 2 aromatic rings. The van der Waals surface area contributed by atoms with Gasteiger partial charge >= 0.3 is 0 Å². The Morgan fingerprint density at radius 3 is 2.21 bits per heavy atom. The number of aryl methyl sites for hydroxylation is 1. The number of hydrogen-bond acceptors (Lipinski definition) is 2. The largest absolute Gasteiger partial charge is 0.496 e. The molecule has 2 heteroatoms. The van der Waals surface area contributed by atoms with Crippen molar-refractivity contribution in [2.75, 3.05) is 7.11 Å². The second-order valence-corrected chi connectivity index (χ2v) is 4.91. The summed E-state index contributed by atoms with van der Waals surface area (Å²) in [7, 11) is 1.70. The number of benzene rings is 2. The third-order valence-electron chi connectivity index (χ3n) is 3.42. The molecular weight excluding hydrogens is 234 g/mol. The first-order valence-electron chi connectivity index (χ1n) is 6.62. The van der Waals surface area contributed by atoms with Gasteiger partial charge in [0.25, 0.3) is 0 Å². The zero-order valence-corrected chi connectivity index (χ0v) is 11.6. The number of hydrogen-bond donors (Lipinski definition) is 1. The van der Waals surface area contributed by atoms with Gasteiger partial charge in [-0.2, -0.15) is 0 Å². The van der Waals surface area contributed by atoms with Crippen molar-refractivity contribution < 1.29 is 4.74 Å². The molecule has 0 aromatic heterocycles. The number of para-hydroxylation sites is 1. The maximum atomic E-state index is 6.27. The van der Waals surface area contributed by atoms with E-state index in [1.807, 2.05) is 18.2 Å². The van der Waals surface area contributed by atoms with Crippen LogP contribution in [0.1, 0.15) is 16.7 Å². The molecule has 0 spiro atoms. The van der Waals surface area contributed by atoms with Gasteiger partial charge < -0.3 is 10.5 Å². The molecule has 0 fully saturated rings. The van der Waals surface area contributed by atoms with E-state index in [0.717, 1.165) is 18.6 Å². The molecule has 2 rings (SSSR count). The Morgan fingerprint density at radius 2 is 1.53 bits per heavy atom. The van der Waals surface area contributed by atoms with Crippen LogP contribution < -0.4 is 10.5 Å². The van der Waals surface area contributed by atoms with Crippen LogP contribution >= 0.6 is 0 Å². The van der Waals surface area contributed by atoms with Gasteiger partial charge in [-0.3, -0.25) is 0 Å². The number of ether oxygens (including phenoxy) is 1. The van der Waals surface area contributed by atoms with Crippen LogP contribution in [0.5, 0.6) is 5.75 Å². The lowest BCUT2D eigenvalue weighted by Crippen LogP contribution is -2.26. The normalized spacial score (nSPS) is 12.2. The Balaban J connectivity index is 2.05. The van der Waals surface area contributed by atoms with Gasteiger partial charge in [-0.05, 0) is 42.5 Å². The minimum Gasteiger partial charge on any atom is -0.496 e. The van der Waals surface area contributed by atoms with Crippen LogP contribution in [0.2, 0.25) is 0 Å². The van der Waals surface area contributed by atoms with Crippen LogP contribution in [0.25, 0.3) is 0 Å². The highest BCUT2D eigenvalue weighted by atomic mass is 16.5. The molecule has 2 N–H and O–H groups in total. The van der Waals surface area contributed by atoms with Crippen LogP contribution in [0, 0.1) is 6.92 Å². The van der Waals surface area contributed by atoms with Gasteiger partial charge in [-0.15, -0.1) is 0 Å². The maximum Gasteiger partial charge on any atom is 0.122 e. The molecule has 0 bridgehead atoms. The van der Waals surface area contributed by atoms with Crippen molar-refractivity contribution in [2.45, 2.75) is 25.8 Å². The van der Waals surface area contributed by atoms with Gasteiger partial charge in [-0.25, -0.2) is 0 Å². The zero-order chi connectivity index (χ0) is 13.7. The lowest BCUT2D eigenvalue weighted by Gasteiger charge is -2.15. The first-order chi connectivity index (χ1) is 9.20. The van der Waals surface area contributed by atoms with Crippen molar-refractivity contribution in [1.82, 2.24) is 0 Å². The molecule has 1 atom stereocenters. The summed E-state index contributed by atoms with van der Waals surface area (Å²) >= 11 is 0. The van der Waals surface area contributed by atoms with E-state index in [0.29, 0.717) is 0 Å². The van der Waals surface area contributed by atoms with Crippen LogP contribution in [-0.2, 0) is 12.8 Å². The van der Waals surface area contributed by atoms with E-state index in [-0.39, 0.29) is 6.04 Å². The van der Waals surface area contributed by atoms with E-state index in [1.54, 1.807) is 7.11 Å². The number of methoxy groups -OCH3 is 1. The SMILES string of the molecule is COc1ccccc1CC(N)Cc1ccccc1C. The summed E-state index contributed by atoms with van der Waals surface area (Å²) in [6.07, 6.45) is 1.73. The standard InChI is InChI=1S/C17H21NO/c1-13-7-3-4-8-14(13)11-16(18)12-15-9-5-6-10-17(15)19-2/h3-10,16H,11-12,18H2,1-2H3. The average molecular weight is 255 g/mol. The summed E-state index contributed by atoms with van der Waals surface area (Å²) in [5, 5.41) is 0. The van der Waals surface area contributed by atoms with Crippen molar-refractivity contribution in [3.05, 3.63) is 65.2 Å². The first-order valence-corrected chi connectivity index (χ1v) is 6.62. The quantitative estimate of drug-likeness (QED) is 0.891. The van der Waals surface area contributed by atoms with Gasteiger partial charge in [0.1, 0.15) is 5.75 Å². The fourth-order valence-electron chi connectivity index (χ4n) is 2.35. The van der Waals surface area contributed by atoms with Gasteiger partial charge in [0, 0.05) is 6.04 Å². The lowest BCUT2D eigenvalue weighted by atomic mass is 9.97. The predicted molar refractivity (Wildman–Crippen MR) is 79.6 cm³/mol. The van der Waals surface area contributed by atoms with Crippen molar-refractivity contribution in [2.24, 2.45) is 5.73 Å². The molecular formula is C17H21NO. The van der Waals surface area contributed by atoms with Gasteiger partial charge in [0.05, 0.1) is 7.11 Å². The highest BCUT2D eigenvalue weighted by Crippen LogP contribution is 2.20. The summed E-state index contributed by atoms with van der Waals surface area (Å²) in [6.45, 7) is 2.13. The topological polar surface area (TPSA) is 35.2 Å². The minimum atomic E-state index is 0.109. The van der Waals surface area contributed by atoms with Crippen molar-refractivity contribution in [1.29, 1.82) is 0 Å². The second kappa shape index (κ2) is 6.39. The Bertz CT molecular complexity index is 536. The molecule has 1 unspecified atom stereocenters. The van der Waals surface area contributed by atoms with E-state index >= 15 is 0 Å². The Kier molecular flexibility index (Phi) is 4.58. The molecule has 0 radical (unpaired) electrons. The molecule has 0 saturated heterocycles. The van der Waals surface area contributed by atoms with Crippen LogP contribution in [0.4, 0.5) is 0 Å². The van der Waals surface area contributed by atoms with Gasteiger partial charge in [0.2, 0.25) is 0 Å². The fourth-order valence-corrected chi connectivity index (χ4v) is 2.35. The van der Waals surface area contributed by atoms with E-state index < -0.39 is 0 Å². The Labute approximate surface area is 115 Å². The summed E-state index contributed by atoms with van der Waals surface area (Å²) in [6, 6.07) is 16.6. The number of nitrogens with two attached hydrogens (primary N) is 1. The highest BCUT2D eigenvalue weighted by Gasteiger charge is 2.10. The van der Waals surface area contributed by atoms with E-state index in [9.17, 15) is 0 Å². The third-order valence-corrected chi connectivity index (χ3v) is 3.42.